The molecule has 39 heavy (non-hydrogen) atoms. The van der Waals surface area contributed by atoms with Crippen LogP contribution in [0.3, 0.4) is 0 Å². The first-order chi connectivity index (χ1) is 18.3. The van der Waals surface area contributed by atoms with Crippen LogP contribution in [0.5, 0.6) is 0 Å². The molecule has 0 amide bonds. The van der Waals surface area contributed by atoms with Crippen molar-refractivity contribution in [3.63, 3.8) is 0 Å². The number of aliphatic imine (C=N–C) groups is 1. The number of halogens is 4. The molecular weight excluding hydrogens is 537 g/mol. The standard InChI is InChI=1S/C27H22ClF3N4O4/c1-12-6-14(7-15(11-33-3)23(12)32)21-10-20(36)18-9-16(27(29,30)31)8-17(25(18)39-21)13(2)34-19-4-5-22(28)35-24(19)26(37)38/h4-11,13,34H,32H2,1-3H3,(H,37,38). The molecule has 0 saturated heterocycles. The lowest BCUT2D eigenvalue weighted by Gasteiger charge is -2.20. The topological polar surface area (TPSA) is 131 Å². The first kappa shape index (κ1) is 27.6. The number of carbonyl (C=O) groups is 1. The molecule has 2 aromatic carbocycles. The van der Waals surface area contributed by atoms with Gasteiger partial charge in [-0.05, 0) is 55.8 Å². The maximum Gasteiger partial charge on any atom is 0.416 e. The number of nitrogens with zero attached hydrogens (tertiary/aromatic N) is 2. The van der Waals surface area contributed by atoms with E-state index in [1.165, 1.54) is 25.3 Å². The summed E-state index contributed by atoms with van der Waals surface area (Å²) >= 11 is 5.82. The molecule has 0 radical (unpaired) electrons. The van der Waals surface area contributed by atoms with Gasteiger partial charge < -0.3 is 20.6 Å². The quantitative estimate of drug-likeness (QED) is 0.143. The number of benzene rings is 2. The van der Waals surface area contributed by atoms with E-state index in [1.54, 1.807) is 26.1 Å². The van der Waals surface area contributed by atoms with E-state index in [4.69, 9.17) is 21.8 Å². The molecule has 1 atom stereocenters. The summed E-state index contributed by atoms with van der Waals surface area (Å²) in [6.07, 6.45) is -3.22. The summed E-state index contributed by atoms with van der Waals surface area (Å²) in [6, 6.07) is 7.79. The van der Waals surface area contributed by atoms with Crippen LogP contribution < -0.4 is 16.5 Å². The fourth-order valence-corrected chi connectivity index (χ4v) is 4.30. The SMILES string of the molecule is CN=Cc1cc(-c2cc(=O)c3cc(C(F)(F)F)cc(C(C)Nc4ccc(Cl)nc4C(=O)O)c3o2)cc(C)c1N. The number of pyridine rings is 1. The maximum atomic E-state index is 13.8. The van der Waals surface area contributed by atoms with Gasteiger partial charge in [0, 0.05) is 41.7 Å². The van der Waals surface area contributed by atoms with Crippen molar-refractivity contribution in [2.45, 2.75) is 26.1 Å². The predicted molar refractivity (Wildman–Crippen MR) is 144 cm³/mol. The average molecular weight is 559 g/mol. The van der Waals surface area contributed by atoms with Crippen LogP contribution in [0.1, 0.15) is 45.7 Å². The summed E-state index contributed by atoms with van der Waals surface area (Å²) in [6.45, 7) is 3.27. The second-order valence-corrected chi connectivity index (χ2v) is 9.19. The third-order valence-electron chi connectivity index (χ3n) is 6.06. The van der Waals surface area contributed by atoms with E-state index < -0.39 is 34.9 Å². The van der Waals surface area contributed by atoms with E-state index in [0.717, 1.165) is 18.2 Å². The molecule has 4 N–H and O–H groups in total. The van der Waals surface area contributed by atoms with Crippen LogP contribution in [0.15, 0.2) is 56.7 Å². The molecule has 12 heteroatoms. The Labute approximate surface area is 225 Å². The summed E-state index contributed by atoms with van der Waals surface area (Å²) in [4.78, 5) is 32.6. The third kappa shape index (κ3) is 5.58. The minimum Gasteiger partial charge on any atom is -0.476 e. The van der Waals surface area contributed by atoms with Gasteiger partial charge in [-0.3, -0.25) is 9.79 Å². The van der Waals surface area contributed by atoms with E-state index >= 15 is 0 Å². The van der Waals surface area contributed by atoms with Crippen LogP contribution in [0, 0.1) is 6.92 Å². The molecule has 0 aliphatic carbocycles. The van der Waals surface area contributed by atoms with Crippen molar-refractivity contribution in [3.05, 3.63) is 85.8 Å². The largest absolute Gasteiger partial charge is 0.476 e. The first-order valence-electron chi connectivity index (χ1n) is 11.5. The number of hydrogen-bond acceptors (Lipinski definition) is 7. The number of fused-ring (bicyclic) bond motifs is 1. The molecule has 202 valence electrons. The van der Waals surface area contributed by atoms with E-state index in [0.29, 0.717) is 22.4 Å². The highest BCUT2D eigenvalue weighted by Gasteiger charge is 2.33. The number of alkyl halides is 3. The van der Waals surface area contributed by atoms with Gasteiger partial charge in [-0.25, -0.2) is 9.78 Å². The lowest BCUT2D eigenvalue weighted by Crippen LogP contribution is -2.15. The first-order valence-corrected chi connectivity index (χ1v) is 11.9. The van der Waals surface area contributed by atoms with Crippen molar-refractivity contribution in [2.24, 2.45) is 4.99 Å². The van der Waals surface area contributed by atoms with Gasteiger partial charge in [-0.15, -0.1) is 0 Å². The Kier molecular flexibility index (Phi) is 7.38. The molecule has 1 unspecified atom stereocenters. The maximum absolute atomic E-state index is 13.8. The number of nitrogens with two attached hydrogens (primary N) is 1. The van der Waals surface area contributed by atoms with Gasteiger partial charge in [0.25, 0.3) is 0 Å². The van der Waals surface area contributed by atoms with Gasteiger partial charge in [0.05, 0.1) is 22.7 Å². The molecule has 0 spiro atoms. The van der Waals surface area contributed by atoms with E-state index in [-0.39, 0.29) is 33.1 Å². The number of nitrogens with one attached hydrogen (secondary N) is 1. The number of hydrogen-bond donors (Lipinski definition) is 3. The molecule has 2 aromatic heterocycles. The highest BCUT2D eigenvalue weighted by molar-refractivity contribution is 6.29. The number of aromatic carboxylic acids is 1. The number of anilines is 2. The van der Waals surface area contributed by atoms with E-state index in [1.807, 2.05) is 0 Å². The summed E-state index contributed by atoms with van der Waals surface area (Å²) < 4.78 is 47.5. The monoisotopic (exact) mass is 558 g/mol. The fourth-order valence-electron chi connectivity index (χ4n) is 4.15. The Morgan fingerprint density at radius 2 is 1.95 bits per heavy atom. The van der Waals surface area contributed by atoms with Crippen molar-refractivity contribution in [1.82, 2.24) is 4.98 Å². The number of nitrogen functional groups attached to an aromatic ring is 1. The van der Waals surface area contributed by atoms with Crippen LogP contribution in [-0.4, -0.2) is 29.3 Å². The molecule has 2 heterocycles. The summed E-state index contributed by atoms with van der Waals surface area (Å²) in [5, 5.41) is 12.0. The smallest absolute Gasteiger partial charge is 0.416 e. The Bertz CT molecular complexity index is 1700. The van der Waals surface area contributed by atoms with Crippen LogP contribution in [0.25, 0.3) is 22.3 Å². The van der Waals surface area contributed by atoms with E-state index in [2.05, 4.69) is 15.3 Å². The van der Waals surface area contributed by atoms with Gasteiger partial charge in [-0.2, -0.15) is 13.2 Å². The van der Waals surface area contributed by atoms with Crippen molar-refractivity contribution >= 4 is 46.1 Å². The number of carboxylic acid groups (broad SMARTS) is 1. The average Bonchev–Trinajstić information content (AvgIpc) is 2.86. The molecule has 0 aliphatic heterocycles. The van der Waals surface area contributed by atoms with Gasteiger partial charge in [0.2, 0.25) is 0 Å². The lowest BCUT2D eigenvalue weighted by atomic mass is 9.98. The van der Waals surface area contributed by atoms with Gasteiger partial charge >= 0.3 is 12.1 Å². The number of rotatable bonds is 6. The minimum absolute atomic E-state index is 0.0149. The highest BCUT2D eigenvalue weighted by atomic mass is 35.5. The van der Waals surface area contributed by atoms with Crippen molar-refractivity contribution in [2.75, 3.05) is 18.1 Å². The van der Waals surface area contributed by atoms with Crippen molar-refractivity contribution in [1.29, 1.82) is 0 Å². The van der Waals surface area contributed by atoms with E-state index in [9.17, 15) is 27.9 Å². The Morgan fingerprint density at radius 3 is 2.59 bits per heavy atom. The second kappa shape index (κ2) is 10.4. The fraction of sp³-hybridized carbons (Fsp3) is 0.185. The minimum atomic E-state index is -4.76. The summed E-state index contributed by atoms with van der Waals surface area (Å²) in [5.41, 5.74) is 6.06. The predicted octanol–water partition coefficient (Wildman–Crippen LogP) is 6.34. The van der Waals surface area contributed by atoms with Gasteiger partial charge in [-0.1, -0.05) is 11.6 Å². The third-order valence-corrected chi connectivity index (χ3v) is 6.27. The number of carboxylic acids is 1. The summed E-state index contributed by atoms with van der Waals surface area (Å²) in [5.74, 6) is -1.28. The Hall–Kier alpha value is -4.38. The Balaban J connectivity index is 1.95. The van der Waals surface area contributed by atoms with Crippen LogP contribution >= 0.6 is 11.6 Å². The zero-order valence-corrected chi connectivity index (χ0v) is 21.6. The molecule has 0 aliphatic rings. The molecule has 0 saturated carbocycles. The van der Waals surface area contributed by atoms with Gasteiger partial charge in [0.1, 0.15) is 16.5 Å². The molecule has 0 fully saturated rings. The number of aryl methyl sites for hydroxylation is 1. The number of aromatic nitrogens is 1. The molecule has 4 rings (SSSR count). The zero-order chi connectivity index (χ0) is 28.6. The van der Waals surface area contributed by atoms with Crippen molar-refractivity contribution < 1.29 is 27.5 Å². The Morgan fingerprint density at radius 1 is 1.23 bits per heavy atom. The molecule has 4 aromatic rings. The molecule has 8 nitrogen and oxygen atoms in total. The van der Waals surface area contributed by atoms with Crippen LogP contribution in [0.4, 0.5) is 24.5 Å². The second-order valence-electron chi connectivity index (χ2n) is 8.80. The highest BCUT2D eigenvalue weighted by Crippen LogP contribution is 2.37. The van der Waals surface area contributed by atoms with Crippen LogP contribution in [0.2, 0.25) is 5.15 Å². The van der Waals surface area contributed by atoms with Gasteiger partial charge in [0.15, 0.2) is 11.1 Å². The molecular formula is C27H22ClF3N4O4. The zero-order valence-electron chi connectivity index (χ0n) is 20.9. The van der Waals surface area contributed by atoms with Crippen molar-refractivity contribution in [3.8, 4) is 11.3 Å². The molecule has 0 bridgehead atoms. The normalized spacial score (nSPS) is 12.7. The summed E-state index contributed by atoms with van der Waals surface area (Å²) in [7, 11) is 1.57. The van der Waals surface area contributed by atoms with Crippen LogP contribution in [-0.2, 0) is 6.18 Å². The lowest BCUT2D eigenvalue weighted by molar-refractivity contribution is -0.137.